The second-order valence-corrected chi connectivity index (χ2v) is 11.2. The minimum Gasteiger partial charge on any atom is -0.366 e. The van der Waals surface area contributed by atoms with E-state index in [-0.39, 0.29) is 23.1 Å². The van der Waals surface area contributed by atoms with Crippen LogP contribution in [0.1, 0.15) is 33.6 Å². The monoisotopic (exact) mass is 502 g/mol. The third kappa shape index (κ3) is 5.15. The van der Waals surface area contributed by atoms with Crippen molar-refractivity contribution in [2.24, 2.45) is 11.5 Å². The molecule has 4 aromatic rings. The molecule has 0 aliphatic heterocycles. The number of thiazole rings is 2. The summed E-state index contributed by atoms with van der Waals surface area (Å²) in [6, 6.07) is 9.90. The summed E-state index contributed by atoms with van der Waals surface area (Å²) in [4.78, 5) is 55.9. The summed E-state index contributed by atoms with van der Waals surface area (Å²) in [6.45, 7) is 0. The molecule has 2 amide bonds. The average molecular weight is 503 g/mol. The maximum Gasteiger partial charge on any atom is 0.248 e. The van der Waals surface area contributed by atoms with E-state index in [2.05, 4.69) is 9.97 Å². The van der Waals surface area contributed by atoms with Crippen molar-refractivity contribution in [1.82, 2.24) is 9.97 Å². The van der Waals surface area contributed by atoms with Crippen molar-refractivity contribution in [3.63, 3.8) is 0 Å². The van der Waals surface area contributed by atoms with Gasteiger partial charge in [0.05, 0.1) is 20.4 Å². The predicted molar refractivity (Wildman–Crippen MR) is 127 cm³/mol. The van der Waals surface area contributed by atoms with Crippen LogP contribution in [-0.2, 0) is 9.59 Å². The van der Waals surface area contributed by atoms with Gasteiger partial charge in [-0.2, -0.15) is 0 Å². The van der Waals surface area contributed by atoms with Crippen molar-refractivity contribution in [3.05, 3.63) is 47.5 Å². The molecule has 2 aromatic carbocycles. The number of nitrogens with zero attached hydrogens (tertiary/aromatic N) is 2. The largest absolute Gasteiger partial charge is 0.366 e. The van der Waals surface area contributed by atoms with E-state index in [9.17, 15) is 19.2 Å². The van der Waals surface area contributed by atoms with Crippen LogP contribution in [0.4, 0.5) is 0 Å². The molecule has 0 aliphatic rings. The number of rotatable bonds is 7. The van der Waals surface area contributed by atoms with Crippen LogP contribution in [0.25, 0.3) is 20.4 Å². The lowest BCUT2D eigenvalue weighted by Crippen LogP contribution is -2.10. The number of aromatic nitrogens is 2. The third-order valence-electron chi connectivity index (χ3n) is 4.24. The van der Waals surface area contributed by atoms with Gasteiger partial charge < -0.3 is 11.5 Å². The summed E-state index contributed by atoms with van der Waals surface area (Å²) < 4.78 is 2.77. The zero-order valence-electron chi connectivity index (χ0n) is 16.2. The van der Waals surface area contributed by atoms with Gasteiger partial charge in [0.25, 0.3) is 0 Å². The lowest BCUT2D eigenvalue weighted by atomic mass is 10.2. The summed E-state index contributed by atoms with van der Waals surface area (Å²) in [5.74, 6) is -1.08. The second kappa shape index (κ2) is 9.36. The second-order valence-electron chi connectivity index (χ2n) is 6.50. The molecular formula is C20H14N4O4S4. The zero-order valence-corrected chi connectivity index (χ0v) is 19.5. The number of amides is 2. The number of hydrogen-bond donors (Lipinski definition) is 2. The Morgan fingerprint density at radius 2 is 1.12 bits per heavy atom. The summed E-state index contributed by atoms with van der Waals surface area (Å²) in [6.07, 6.45) is 0.130. The SMILES string of the molecule is NC(=O)c1ccc2sc(SC(=O)CCC(=O)Sc3nc4cc(C(N)=O)ccc4s3)nc2c1. The number of hydrogen-bond acceptors (Lipinski definition) is 10. The van der Waals surface area contributed by atoms with Gasteiger partial charge in [0.2, 0.25) is 11.8 Å². The van der Waals surface area contributed by atoms with E-state index in [4.69, 9.17) is 11.5 Å². The van der Waals surface area contributed by atoms with Crippen molar-refractivity contribution < 1.29 is 19.2 Å². The molecule has 0 aliphatic carbocycles. The first kappa shape index (κ1) is 22.4. The Bertz CT molecular complexity index is 1290. The average Bonchev–Trinajstić information content (AvgIpc) is 3.33. The number of thioether (sulfide) groups is 2. The maximum absolute atomic E-state index is 12.3. The fourth-order valence-electron chi connectivity index (χ4n) is 2.71. The van der Waals surface area contributed by atoms with Crippen molar-refractivity contribution >= 4 is 88.7 Å². The first-order valence-corrected chi connectivity index (χ1v) is 12.4. The van der Waals surface area contributed by atoms with Gasteiger partial charge in [0, 0.05) is 24.0 Å². The lowest BCUT2D eigenvalue weighted by molar-refractivity contribution is -0.115. The number of carbonyl (C=O) groups excluding carboxylic acids is 4. The summed E-state index contributed by atoms with van der Waals surface area (Å²) >= 11 is 4.62. The number of benzene rings is 2. The van der Waals surface area contributed by atoms with Gasteiger partial charge in [-0.25, -0.2) is 9.97 Å². The van der Waals surface area contributed by atoms with E-state index >= 15 is 0 Å². The van der Waals surface area contributed by atoms with Gasteiger partial charge >= 0.3 is 0 Å². The maximum atomic E-state index is 12.3. The highest BCUT2D eigenvalue weighted by atomic mass is 32.2. The Morgan fingerprint density at radius 3 is 1.50 bits per heavy atom. The molecule has 0 saturated carbocycles. The fraction of sp³-hybridized carbons (Fsp3) is 0.100. The molecule has 32 heavy (non-hydrogen) atoms. The molecule has 0 saturated heterocycles. The molecule has 4 N–H and O–H groups in total. The molecule has 0 atom stereocenters. The predicted octanol–water partition coefficient (Wildman–Crippen LogP) is 3.82. The summed E-state index contributed by atoms with van der Waals surface area (Å²) in [5, 5.41) is -0.355. The lowest BCUT2D eigenvalue weighted by Gasteiger charge is -1.97. The van der Waals surface area contributed by atoms with Crippen molar-refractivity contribution in [3.8, 4) is 0 Å². The Kier molecular flexibility index (Phi) is 6.55. The highest BCUT2D eigenvalue weighted by molar-refractivity contribution is 8.15. The van der Waals surface area contributed by atoms with Gasteiger partial charge in [-0.1, -0.05) is 0 Å². The summed E-state index contributed by atoms with van der Waals surface area (Å²) in [5.41, 5.74) is 12.5. The molecule has 0 unspecified atom stereocenters. The van der Waals surface area contributed by atoms with Crippen LogP contribution < -0.4 is 11.5 Å². The fourth-order valence-corrected chi connectivity index (χ4v) is 6.58. The first-order chi connectivity index (χ1) is 15.3. The van der Waals surface area contributed by atoms with Gasteiger partial charge in [-0.3, -0.25) is 19.2 Å². The molecule has 4 rings (SSSR count). The van der Waals surface area contributed by atoms with E-state index in [0.29, 0.717) is 30.8 Å². The van der Waals surface area contributed by atoms with Crippen LogP contribution in [0.3, 0.4) is 0 Å². The molecule has 8 nitrogen and oxygen atoms in total. The van der Waals surface area contributed by atoms with E-state index in [1.165, 1.54) is 22.7 Å². The molecule has 0 bridgehead atoms. The molecule has 0 fully saturated rings. The van der Waals surface area contributed by atoms with E-state index in [1.807, 2.05) is 0 Å². The normalized spacial score (nSPS) is 11.1. The van der Waals surface area contributed by atoms with Crippen LogP contribution in [0.5, 0.6) is 0 Å². The van der Waals surface area contributed by atoms with E-state index in [0.717, 1.165) is 32.9 Å². The van der Waals surface area contributed by atoms with Crippen molar-refractivity contribution in [2.45, 2.75) is 21.5 Å². The van der Waals surface area contributed by atoms with Crippen molar-refractivity contribution in [1.29, 1.82) is 0 Å². The molecule has 162 valence electrons. The van der Waals surface area contributed by atoms with Crippen LogP contribution in [0.2, 0.25) is 0 Å². The zero-order chi connectivity index (χ0) is 22.8. The smallest absolute Gasteiger partial charge is 0.248 e. The Morgan fingerprint density at radius 1 is 0.719 bits per heavy atom. The number of nitrogens with two attached hydrogens (primary N) is 2. The van der Waals surface area contributed by atoms with Crippen molar-refractivity contribution in [2.75, 3.05) is 0 Å². The Labute approximate surface area is 197 Å². The molecule has 0 spiro atoms. The van der Waals surface area contributed by atoms with Gasteiger partial charge in [-0.05, 0) is 59.9 Å². The van der Waals surface area contributed by atoms with Gasteiger partial charge in [0.15, 0.2) is 18.9 Å². The Balaban J connectivity index is 1.33. The standard InChI is InChI=1S/C20H14N4O4S4/c21-17(27)9-1-3-13-11(7-9)23-19(29-13)31-15(25)5-6-16(26)32-20-24-12-8-10(18(22)28)2-4-14(12)30-20/h1-4,7-8H,5-6H2,(H2,21,27)(H2,22,28). The molecule has 12 heteroatoms. The van der Waals surface area contributed by atoms with Crippen LogP contribution in [0.15, 0.2) is 45.1 Å². The topological polar surface area (TPSA) is 146 Å². The van der Waals surface area contributed by atoms with Gasteiger partial charge in [-0.15, -0.1) is 22.7 Å². The van der Waals surface area contributed by atoms with Gasteiger partial charge in [0.1, 0.15) is 0 Å². The minimum absolute atomic E-state index is 0.0652. The molecule has 2 heterocycles. The first-order valence-electron chi connectivity index (χ1n) is 9.10. The third-order valence-corrected chi connectivity index (χ3v) is 8.30. The highest BCUT2D eigenvalue weighted by Crippen LogP contribution is 2.33. The molecule has 0 radical (unpaired) electrons. The number of primary amides is 2. The van der Waals surface area contributed by atoms with Crippen LogP contribution in [-0.4, -0.2) is 32.0 Å². The van der Waals surface area contributed by atoms with E-state index in [1.54, 1.807) is 36.4 Å². The number of carbonyl (C=O) groups is 4. The Hall–Kier alpha value is -2.80. The van der Waals surface area contributed by atoms with Crippen LogP contribution in [0, 0.1) is 0 Å². The quantitative estimate of drug-likeness (QED) is 0.363. The van der Waals surface area contributed by atoms with E-state index < -0.39 is 11.8 Å². The minimum atomic E-state index is -0.539. The number of fused-ring (bicyclic) bond motifs is 2. The summed E-state index contributed by atoms with van der Waals surface area (Å²) in [7, 11) is 0. The van der Waals surface area contributed by atoms with Crippen LogP contribution >= 0.6 is 46.2 Å². The molecule has 2 aromatic heterocycles. The highest BCUT2D eigenvalue weighted by Gasteiger charge is 2.16. The molecular weight excluding hydrogens is 489 g/mol.